The quantitative estimate of drug-likeness (QED) is 0.681. The monoisotopic (exact) mass is 334 g/mol. The van der Waals surface area contributed by atoms with Crippen LogP contribution in [0.15, 0.2) is 63.8 Å². The van der Waals surface area contributed by atoms with Crippen molar-refractivity contribution in [2.75, 3.05) is 10.6 Å². The normalized spacial score (nSPS) is 15.2. The summed E-state index contributed by atoms with van der Waals surface area (Å²) in [6.07, 6.45) is 5.95. The van der Waals surface area contributed by atoms with Gasteiger partial charge < -0.3 is 15.1 Å². The van der Waals surface area contributed by atoms with Crippen molar-refractivity contribution >= 4 is 28.0 Å². The Kier molecular flexibility index (Phi) is 4.42. The summed E-state index contributed by atoms with van der Waals surface area (Å²) < 4.78 is 5.67. The van der Waals surface area contributed by atoms with E-state index in [0.717, 1.165) is 29.6 Å². The first-order chi connectivity index (χ1) is 12.3. The third-order valence-corrected chi connectivity index (χ3v) is 4.82. The third-order valence-electron chi connectivity index (χ3n) is 4.82. The molecule has 0 radical (unpaired) electrons. The summed E-state index contributed by atoms with van der Waals surface area (Å²) in [6.45, 7) is 0. The van der Waals surface area contributed by atoms with E-state index in [9.17, 15) is 4.79 Å². The Morgan fingerprint density at radius 3 is 2.28 bits per heavy atom. The van der Waals surface area contributed by atoms with Crippen molar-refractivity contribution in [3.05, 3.63) is 65.0 Å². The minimum atomic E-state index is -0.299. The lowest BCUT2D eigenvalue weighted by Gasteiger charge is -2.24. The Labute approximate surface area is 146 Å². The van der Waals surface area contributed by atoms with Gasteiger partial charge in [-0.1, -0.05) is 55.7 Å². The molecule has 0 amide bonds. The van der Waals surface area contributed by atoms with E-state index in [1.807, 2.05) is 54.6 Å². The SMILES string of the molecule is O=c1oc(NC2CCCCC2)c(Nc2ccccc2)c2ccccc12. The Balaban J connectivity index is 1.79. The van der Waals surface area contributed by atoms with Crippen LogP contribution in [-0.2, 0) is 0 Å². The highest BCUT2D eigenvalue weighted by Crippen LogP contribution is 2.33. The van der Waals surface area contributed by atoms with Gasteiger partial charge in [0.25, 0.3) is 0 Å². The molecule has 3 aromatic rings. The molecule has 2 N–H and O–H groups in total. The number of nitrogens with one attached hydrogen (secondary N) is 2. The second-order valence-corrected chi connectivity index (χ2v) is 6.61. The van der Waals surface area contributed by atoms with E-state index in [0.29, 0.717) is 17.3 Å². The molecule has 25 heavy (non-hydrogen) atoms. The van der Waals surface area contributed by atoms with Gasteiger partial charge in [-0.25, -0.2) is 4.79 Å². The number of para-hydroxylation sites is 1. The standard InChI is InChI=1S/C21H22N2O2/c24-21-18-14-8-7-13-17(18)19(22-15-9-3-1-4-10-15)20(25-21)23-16-11-5-2-6-12-16/h1,3-4,7-10,13-14,16,22-23H,2,5-6,11-12H2. The fourth-order valence-corrected chi connectivity index (χ4v) is 3.52. The molecule has 4 rings (SSSR count). The number of rotatable bonds is 4. The Hall–Kier alpha value is -2.75. The van der Waals surface area contributed by atoms with Crippen molar-refractivity contribution in [1.29, 1.82) is 0 Å². The molecule has 1 fully saturated rings. The molecule has 1 saturated carbocycles. The van der Waals surface area contributed by atoms with Gasteiger partial charge in [0.15, 0.2) is 0 Å². The highest BCUT2D eigenvalue weighted by Gasteiger charge is 2.19. The number of anilines is 3. The molecule has 1 aliphatic rings. The summed E-state index contributed by atoms with van der Waals surface area (Å²) in [4.78, 5) is 12.4. The summed E-state index contributed by atoms with van der Waals surface area (Å²) >= 11 is 0. The van der Waals surface area contributed by atoms with Crippen LogP contribution in [0.2, 0.25) is 0 Å². The lowest BCUT2D eigenvalue weighted by Crippen LogP contribution is -2.23. The topological polar surface area (TPSA) is 54.3 Å². The van der Waals surface area contributed by atoms with Gasteiger partial charge in [0.2, 0.25) is 5.88 Å². The molecule has 4 heteroatoms. The summed E-state index contributed by atoms with van der Waals surface area (Å²) in [5.74, 6) is 0.541. The molecule has 0 bridgehead atoms. The van der Waals surface area contributed by atoms with E-state index in [-0.39, 0.29) is 5.63 Å². The van der Waals surface area contributed by atoms with Crippen LogP contribution < -0.4 is 16.3 Å². The van der Waals surface area contributed by atoms with E-state index >= 15 is 0 Å². The molecule has 1 heterocycles. The molecule has 1 aromatic heterocycles. The number of hydrogen-bond acceptors (Lipinski definition) is 4. The van der Waals surface area contributed by atoms with Gasteiger partial charge in [0, 0.05) is 17.1 Å². The molecule has 0 saturated heterocycles. The molecule has 0 aliphatic heterocycles. The zero-order chi connectivity index (χ0) is 17.1. The van der Waals surface area contributed by atoms with Crippen molar-refractivity contribution in [3.63, 3.8) is 0 Å². The molecule has 0 unspecified atom stereocenters. The zero-order valence-corrected chi connectivity index (χ0v) is 14.1. The van der Waals surface area contributed by atoms with E-state index in [1.165, 1.54) is 19.3 Å². The van der Waals surface area contributed by atoms with Gasteiger partial charge in [0.05, 0.1) is 5.39 Å². The highest BCUT2D eigenvalue weighted by molar-refractivity contribution is 5.98. The Morgan fingerprint density at radius 2 is 1.52 bits per heavy atom. The number of hydrogen-bond donors (Lipinski definition) is 2. The molecule has 0 spiro atoms. The molecule has 2 aromatic carbocycles. The maximum Gasteiger partial charge on any atom is 0.345 e. The van der Waals surface area contributed by atoms with Gasteiger partial charge >= 0.3 is 5.63 Å². The van der Waals surface area contributed by atoms with Crippen LogP contribution in [0.4, 0.5) is 17.3 Å². The lowest BCUT2D eigenvalue weighted by atomic mass is 9.95. The first-order valence-corrected chi connectivity index (χ1v) is 8.96. The summed E-state index contributed by atoms with van der Waals surface area (Å²) in [5.41, 5.74) is 1.49. The summed E-state index contributed by atoms with van der Waals surface area (Å²) in [5, 5.41) is 8.38. The van der Waals surface area contributed by atoms with Gasteiger partial charge in [-0.15, -0.1) is 0 Å². The van der Waals surface area contributed by atoms with Crippen LogP contribution in [0, 0.1) is 0 Å². The fraction of sp³-hybridized carbons (Fsp3) is 0.286. The summed E-state index contributed by atoms with van der Waals surface area (Å²) in [6, 6.07) is 17.9. The minimum Gasteiger partial charge on any atom is -0.404 e. The molecular formula is C21H22N2O2. The van der Waals surface area contributed by atoms with Gasteiger partial charge in [-0.05, 0) is 31.0 Å². The first kappa shape index (κ1) is 15.8. The highest BCUT2D eigenvalue weighted by atomic mass is 16.4. The van der Waals surface area contributed by atoms with Crippen molar-refractivity contribution in [3.8, 4) is 0 Å². The van der Waals surface area contributed by atoms with Crippen molar-refractivity contribution in [1.82, 2.24) is 0 Å². The second-order valence-electron chi connectivity index (χ2n) is 6.61. The molecule has 128 valence electrons. The lowest BCUT2D eigenvalue weighted by molar-refractivity contribution is 0.445. The van der Waals surface area contributed by atoms with Crippen molar-refractivity contribution in [2.45, 2.75) is 38.1 Å². The predicted molar refractivity (Wildman–Crippen MR) is 103 cm³/mol. The minimum absolute atomic E-state index is 0.299. The zero-order valence-electron chi connectivity index (χ0n) is 14.1. The predicted octanol–water partition coefficient (Wildman–Crippen LogP) is 5.28. The van der Waals surface area contributed by atoms with Crippen LogP contribution in [0.5, 0.6) is 0 Å². The maximum atomic E-state index is 12.4. The average molecular weight is 334 g/mol. The average Bonchev–Trinajstić information content (AvgIpc) is 2.67. The molecule has 4 nitrogen and oxygen atoms in total. The van der Waals surface area contributed by atoms with E-state index in [1.54, 1.807) is 0 Å². The van der Waals surface area contributed by atoms with E-state index < -0.39 is 0 Å². The first-order valence-electron chi connectivity index (χ1n) is 8.96. The van der Waals surface area contributed by atoms with Gasteiger partial charge in [-0.3, -0.25) is 0 Å². The molecular weight excluding hydrogens is 312 g/mol. The Morgan fingerprint density at radius 1 is 0.840 bits per heavy atom. The van der Waals surface area contributed by atoms with Crippen LogP contribution in [0.1, 0.15) is 32.1 Å². The van der Waals surface area contributed by atoms with E-state index in [2.05, 4.69) is 10.6 Å². The Bertz CT molecular complexity index is 912. The second kappa shape index (κ2) is 7.01. The summed E-state index contributed by atoms with van der Waals surface area (Å²) in [7, 11) is 0. The van der Waals surface area contributed by atoms with Crippen LogP contribution >= 0.6 is 0 Å². The van der Waals surface area contributed by atoms with Crippen molar-refractivity contribution < 1.29 is 4.42 Å². The molecule has 1 aliphatic carbocycles. The third kappa shape index (κ3) is 3.38. The maximum absolute atomic E-state index is 12.4. The van der Waals surface area contributed by atoms with Crippen LogP contribution in [0.3, 0.4) is 0 Å². The number of fused-ring (bicyclic) bond motifs is 1. The fourth-order valence-electron chi connectivity index (χ4n) is 3.52. The van der Waals surface area contributed by atoms with E-state index in [4.69, 9.17) is 4.42 Å². The van der Waals surface area contributed by atoms with Gasteiger partial charge in [-0.2, -0.15) is 0 Å². The van der Waals surface area contributed by atoms with Gasteiger partial charge in [0.1, 0.15) is 5.69 Å². The smallest absolute Gasteiger partial charge is 0.345 e. The largest absolute Gasteiger partial charge is 0.404 e. The molecule has 0 atom stereocenters. The van der Waals surface area contributed by atoms with Crippen LogP contribution in [-0.4, -0.2) is 6.04 Å². The van der Waals surface area contributed by atoms with Crippen molar-refractivity contribution in [2.24, 2.45) is 0 Å². The van der Waals surface area contributed by atoms with Crippen LogP contribution in [0.25, 0.3) is 10.8 Å². The number of benzene rings is 2.